The average Bonchev–Trinajstić information content (AvgIpc) is 2.49. The van der Waals surface area contributed by atoms with E-state index in [2.05, 4.69) is 10.6 Å². The van der Waals surface area contributed by atoms with Gasteiger partial charge in [-0.1, -0.05) is 19.3 Å². The molecule has 0 atom stereocenters. The van der Waals surface area contributed by atoms with Crippen LogP contribution in [0.5, 0.6) is 0 Å². The SMILES string of the molecule is O=C(CCNC1CCC(C(=O)O)CC1)NC1CCCCC1. The van der Waals surface area contributed by atoms with Crippen LogP contribution in [0.1, 0.15) is 64.2 Å². The van der Waals surface area contributed by atoms with Gasteiger partial charge in [-0.2, -0.15) is 0 Å². The second-order valence-electron chi connectivity index (χ2n) is 6.49. The molecule has 2 aliphatic carbocycles. The Morgan fingerprint density at radius 2 is 1.57 bits per heavy atom. The molecule has 0 spiro atoms. The third-order valence-electron chi connectivity index (χ3n) is 4.83. The summed E-state index contributed by atoms with van der Waals surface area (Å²) in [5.74, 6) is -0.688. The van der Waals surface area contributed by atoms with E-state index in [-0.39, 0.29) is 11.8 Å². The van der Waals surface area contributed by atoms with Crippen LogP contribution in [0.4, 0.5) is 0 Å². The molecule has 0 saturated heterocycles. The van der Waals surface area contributed by atoms with Gasteiger partial charge in [0, 0.05) is 25.0 Å². The number of carboxylic acid groups (broad SMARTS) is 1. The first-order chi connectivity index (χ1) is 10.1. The maximum absolute atomic E-state index is 11.9. The smallest absolute Gasteiger partial charge is 0.306 e. The minimum Gasteiger partial charge on any atom is -0.481 e. The number of carbonyl (C=O) groups is 2. The minimum atomic E-state index is -0.666. The molecule has 0 aromatic heterocycles. The number of nitrogens with one attached hydrogen (secondary N) is 2. The summed E-state index contributed by atoms with van der Waals surface area (Å²) in [5, 5.41) is 15.5. The summed E-state index contributed by atoms with van der Waals surface area (Å²) in [4.78, 5) is 22.7. The Balaban J connectivity index is 1.55. The fourth-order valence-corrected chi connectivity index (χ4v) is 3.48. The molecule has 0 radical (unpaired) electrons. The third kappa shape index (κ3) is 5.65. The van der Waals surface area contributed by atoms with Gasteiger partial charge in [0.05, 0.1) is 5.92 Å². The van der Waals surface area contributed by atoms with Crippen LogP contribution < -0.4 is 10.6 Å². The Kier molecular flexibility index (Phi) is 6.49. The molecule has 0 aliphatic heterocycles. The largest absolute Gasteiger partial charge is 0.481 e. The van der Waals surface area contributed by atoms with E-state index >= 15 is 0 Å². The van der Waals surface area contributed by atoms with Crippen LogP contribution in [0.15, 0.2) is 0 Å². The quantitative estimate of drug-likeness (QED) is 0.701. The van der Waals surface area contributed by atoms with Gasteiger partial charge in [0.15, 0.2) is 0 Å². The van der Waals surface area contributed by atoms with Crippen molar-refractivity contribution < 1.29 is 14.7 Å². The molecule has 2 fully saturated rings. The monoisotopic (exact) mass is 296 g/mol. The van der Waals surface area contributed by atoms with Crippen LogP contribution >= 0.6 is 0 Å². The second kappa shape index (κ2) is 8.37. The number of rotatable bonds is 6. The summed E-state index contributed by atoms with van der Waals surface area (Å²) < 4.78 is 0. The Morgan fingerprint density at radius 3 is 2.19 bits per heavy atom. The first kappa shape index (κ1) is 16.3. The highest BCUT2D eigenvalue weighted by atomic mass is 16.4. The highest BCUT2D eigenvalue weighted by Gasteiger charge is 2.25. The standard InChI is InChI=1S/C16H28N2O3/c19-15(18-14-4-2-1-3-5-14)10-11-17-13-8-6-12(7-9-13)16(20)21/h12-14,17H,1-11H2,(H,18,19)(H,20,21). The fraction of sp³-hybridized carbons (Fsp3) is 0.875. The number of carboxylic acids is 1. The van der Waals surface area contributed by atoms with E-state index in [0.29, 0.717) is 25.0 Å². The molecule has 5 nitrogen and oxygen atoms in total. The van der Waals surface area contributed by atoms with Gasteiger partial charge in [0.1, 0.15) is 0 Å². The van der Waals surface area contributed by atoms with Crippen molar-refractivity contribution in [2.24, 2.45) is 5.92 Å². The molecule has 1 amide bonds. The van der Waals surface area contributed by atoms with E-state index in [1.54, 1.807) is 0 Å². The maximum Gasteiger partial charge on any atom is 0.306 e. The number of amides is 1. The zero-order valence-corrected chi connectivity index (χ0v) is 12.8. The molecule has 5 heteroatoms. The Hall–Kier alpha value is -1.10. The summed E-state index contributed by atoms with van der Waals surface area (Å²) in [6.45, 7) is 0.695. The molecule has 0 aromatic carbocycles. The topological polar surface area (TPSA) is 78.4 Å². The number of aliphatic carboxylic acids is 1. The maximum atomic E-state index is 11.9. The van der Waals surface area contributed by atoms with Crippen LogP contribution in [-0.2, 0) is 9.59 Å². The molecular weight excluding hydrogens is 268 g/mol. The van der Waals surface area contributed by atoms with Crippen molar-refractivity contribution in [3.8, 4) is 0 Å². The fourth-order valence-electron chi connectivity index (χ4n) is 3.48. The minimum absolute atomic E-state index is 0.147. The Bertz CT molecular complexity index is 345. The van der Waals surface area contributed by atoms with Gasteiger partial charge in [0.25, 0.3) is 0 Å². The lowest BCUT2D eigenvalue weighted by Crippen LogP contribution is -2.40. The van der Waals surface area contributed by atoms with Gasteiger partial charge in [-0.3, -0.25) is 9.59 Å². The lowest BCUT2D eigenvalue weighted by atomic mass is 9.86. The molecule has 0 heterocycles. The summed E-state index contributed by atoms with van der Waals surface area (Å²) in [6.07, 6.45) is 9.84. The summed E-state index contributed by atoms with van der Waals surface area (Å²) in [7, 11) is 0. The molecule has 3 N–H and O–H groups in total. The molecule has 2 rings (SSSR count). The highest BCUT2D eigenvalue weighted by Crippen LogP contribution is 2.24. The molecule has 21 heavy (non-hydrogen) atoms. The van der Waals surface area contributed by atoms with Gasteiger partial charge in [-0.25, -0.2) is 0 Å². The molecule has 120 valence electrons. The number of carbonyl (C=O) groups excluding carboxylic acids is 1. The summed E-state index contributed by atoms with van der Waals surface area (Å²) in [5.41, 5.74) is 0. The predicted octanol–water partition coefficient (Wildman–Crippen LogP) is 2.06. The van der Waals surface area contributed by atoms with Gasteiger partial charge in [-0.15, -0.1) is 0 Å². The first-order valence-corrected chi connectivity index (χ1v) is 8.40. The van der Waals surface area contributed by atoms with Crippen molar-refractivity contribution >= 4 is 11.9 Å². The van der Waals surface area contributed by atoms with Gasteiger partial charge < -0.3 is 15.7 Å². The third-order valence-corrected chi connectivity index (χ3v) is 4.83. The van der Waals surface area contributed by atoms with Crippen LogP contribution in [-0.4, -0.2) is 35.6 Å². The van der Waals surface area contributed by atoms with Gasteiger partial charge in [-0.05, 0) is 38.5 Å². The zero-order valence-electron chi connectivity index (χ0n) is 12.8. The molecule has 0 unspecified atom stereocenters. The van der Waals surface area contributed by atoms with Crippen molar-refractivity contribution in [3.05, 3.63) is 0 Å². The van der Waals surface area contributed by atoms with E-state index < -0.39 is 5.97 Å². The van der Waals surface area contributed by atoms with Crippen molar-refractivity contribution in [1.82, 2.24) is 10.6 Å². The molecule has 2 saturated carbocycles. The van der Waals surface area contributed by atoms with Crippen LogP contribution in [0.3, 0.4) is 0 Å². The zero-order chi connectivity index (χ0) is 15.1. The summed E-state index contributed by atoms with van der Waals surface area (Å²) in [6, 6.07) is 0.764. The molecule has 0 aromatic rings. The van der Waals surface area contributed by atoms with Crippen LogP contribution in [0.2, 0.25) is 0 Å². The van der Waals surface area contributed by atoms with Crippen molar-refractivity contribution in [2.75, 3.05) is 6.54 Å². The summed E-state index contributed by atoms with van der Waals surface area (Å²) >= 11 is 0. The highest BCUT2D eigenvalue weighted by molar-refractivity contribution is 5.76. The van der Waals surface area contributed by atoms with Gasteiger partial charge >= 0.3 is 5.97 Å². The molecule has 0 bridgehead atoms. The molecular formula is C16H28N2O3. The van der Waals surface area contributed by atoms with Crippen molar-refractivity contribution in [3.63, 3.8) is 0 Å². The van der Waals surface area contributed by atoms with Gasteiger partial charge in [0.2, 0.25) is 5.91 Å². The van der Waals surface area contributed by atoms with E-state index in [4.69, 9.17) is 5.11 Å². The van der Waals surface area contributed by atoms with Crippen LogP contribution in [0.25, 0.3) is 0 Å². The first-order valence-electron chi connectivity index (χ1n) is 8.40. The Labute approximate surface area is 126 Å². The second-order valence-corrected chi connectivity index (χ2v) is 6.49. The van der Waals surface area contributed by atoms with Crippen molar-refractivity contribution in [2.45, 2.75) is 76.3 Å². The van der Waals surface area contributed by atoms with Crippen LogP contribution in [0, 0.1) is 5.92 Å². The van der Waals surface area contributed by atoms with E-state index in [9.17, 15) is 9.59 Å². The van der Waals surface area contributed by atoms with E-state index in [1.165, 1.54) is 19.3 Å². The van der Waals surface area contributed by atoms with Crippen molar-refractivity contribution in [1.29, 1.82) is 0 Å². The lowest BCUT2D eigenvalue weighted by molar-refractivity contribution is -0.142. The Morgan fingerprint density at radius 1 is 0.905 bits per heavy atom. The average molecular weight is 296 g/mol. The van der Waals surface area contributed by atoms with E-state index in [1.807, 2.05) is 0 Å². The number of hydrogen-bond donors (Lipinski definition) is 3. The lowest BCUT2D eigenvalue weighted by Gasteiger charge is -2.27. The molecule has 2 aliphatic rings. The number of hydrogen-bond acceptors (Lipinski definition) is 3. The van der Waals surface area contributed by atoms with E-state index in [0.717, 1.165) is 38.5 Å². The normalized spacial score (nSPS) is 27.2. The predicted molar refractivity (Wildman–Crippen MR) is 81.0 cm³/mol.